The maximum atomic E-state index is 14.2. The van der Waals surface area contributed by atoms with Crippen LogP contribution in [0.1, 0.15) is 72.3 Å². The summed E-state index contributed by atoms with van der Waals surface area (Å²) < 4.78 is 21.5. The minimum absolute atomic E-state index is 0.102. The average molecular weight is 501 g/mol. The highest BCUT2D eigenvalue weighted by molar-refractivity contribution is 6.03. The van der Waals surface area contributed by atoms with Gasteiger partial charge in [0, 0.05) is 28.6 Å². The maximum absolute atomic E-state index is 14.2. The van der Waals surface area contributed by atoms with Crippen molar-refractivity contribution >= 4 is 28.9 Å². The number of rotatable bonds is 3. The summed E-state index contributed by atoms with van der Waals surface area (Å²) in [6.45, 7) is 1.11. The molecule has 6 rings (SSSR count). The Balaban J connectivity index is 1.57. The third kappa shape index (κ3) is 4.26. The molecule has 6 heteroatoms. The fraction of sp³-hybridized carbons (Fsp3) is 0.419. The van der Waals surface area contributed by atoms with Crippen molar-refractivity contribution in [2.24, 2.45) is 0 Å². The normalized spacial score (nSPS) is 20.1. The van der Waals surface area contributed by atoms with Gasteiger partial charge in [0.15, 0.2) is 0 Å². The fourth-order valence-electron chi connectivity index (χ4n) is 6.56. The summed E-state index contributed by atoms with van der Waals surface area (Å²) in [5, 5.41) is 1.14. The zero-order chi connectivity index (χ0) is 25.5. The van der Waals surface area contributed by atoms with Gasteiger partial charge in [-0.25, -0.2) is 9.18 Å². The Morgan fingerprint density at radius 3 is 2.59 bits per heavy atom. The number of hydrogen-bond acceptors (Lipinski definition) is 3. The number of amides is 1. The topological polar surface area (TPSA) is 51.5 Å². The number of carbonyl (C=O) groups excluding carboxylic acids is 2. The highest BCUT2D eigenvalue weighted by Crippen LogP contribution is 2.46. The number of likely N-dealkylation sites (tertiary alicyclic amines) is 1. The molecule has 5 nitrogen and oxygen atoms in total. The number of nitrogens with zero attached hydrogens (tertiary/aromatic N) is 2. The second-order valence-corrected chi connectivity index (χ2v) is 10.7. The summed E-state index contributed by atoms with van der Waals surface area (Å²) in [7, 11) is 1.39. The molecule has 1 aromatic heterocycles. The van der Waals surface area contributed by atoms with E-state index in [2.05, 4.69) is 22.8 Å². The summed E-state index contributed by atoms with van der Waals surface area (Å²) in [5.41, 5.74) is 6.65. The molecular weight excluding hydrogens is 467 g/mol. The summed E-state index contributed by atoms with van der Waals surface area (Å²) >= 11 is 0. The van der Waals surface area contributed by atoms with Gasteiger partial charge in [-0.05, 0) is 60.9 Å². The predicted molar refractivity (Wildman–Crippen MR) is 143 cm³/mol. The SMILES string of the molecule is COC(=O)c1ccc2c(C3CCCCC3)c3n(c2c1)CC(C(=O)N1CCCC(F)C1)=Cc1ccccc1-3. The van der Waals surface area contributed by atoms with Gasteiger partial charge in [-0.1, -0.05) is 49.6 Å². The highest BCUT2D eigenvalue weighted by Gasteiger charge is 2.32. The van der Waals surface area contributed by atoms with Crippen LogP contribution in [0.25, 0.3) is 28.2 Å². The molecule has 1 saturated heterocycles. The number of carbonyl (C=O) groups is 2. The van der Waals surface area contributed by atoms with E-state index in [9.17, 15) is 14.0 Å². The van der Waals surface area contributed by atoms with Crippen molar-refractivity contribution < 1.29 is 18.7 Å². The Hall–Kier alpha value is -3.41. The van der Waals surface area contributed by atoms with Crippen molar-refractivity contribution in [3.63, 3.8) is 0 Å². The van der Waals surface area contributed by atoms with E-state index in [-0.39, 0.29) is 18.4 Å². The first-order chi connectivity index (χ1) is 18.0. The van der Waals surface area contributed by atoms with E-state index in [1.807, 2.05) is 30.3 Å². The van der Waals surface area contributed by atoms with E-state index in [1.54, 1.807) is 4.90 Å². The number of methoxy groups -OCH3 is 1. The first kappa shape index (κ1) is 24.0. The molecule has 1 amide bonds. The first-order valence-electron chi connectivity index (χ1n) is 13.5. The molecule has 1 atom stereocenters. The van der Waals surface area contributed by atoms with E-state index in [0.29, 0.717) is 43.0 Å². The number of benzene rings is 2. The van der Waals surface area contributed by atoms with Gasteiger partial charge in [0.25, 0.3) is 5.91 Å². The molecule has 2 aliphatic heterocycles. The molecule has 1 saturated carbocycles. The van der Waals surface area contributed by atoms with E-state index >= 15 is 0 Å². The van der Waals surface area contributed by atoms with E-state index in [4.69, 9.17) is 4.74 Å². The van der Waals surface area contributed by atoms with Crippen molar-refractivity contribution in [2.75, 3.05) is 20.2 Å². The van der Waals surface area contributed by atoms with Crippen LogP contribution in [-0.2, 0) is 16.1 Å². The number of esters is 1. The molecule has 1 unspecified atom stereocenters. The molecule has 3 aliphatic rings. The van der Waals surface area contributed by atoms with Crippen molar-refractivity contribution in [2.45, 2.75) is 63.6 Å². The Bertz CT molecular complexity index is 1400. The average Bonchev–Trinajstić information content (AvgIpc) is 3.15. The Labute approximate surface area is 216 Å². The summed E-state index contributed by atoms with van der Waals surface area (Å²) in [5.74, 6) is -0.0498. The number of piperidine rings is 1. The maximum Gasteiger partial charge on any atom is 0.337 e. The quantitative estimate of drug-likeness (QED) is 0.386. The van der Waals surface area contributed by atoms with Gasteiger partial charge < -0.3 is 14.2 Å². The monoisotopic (exact) mass is 500 g/mol. The van der Waals surface area contributed by atoms with Gasteiger partial charge in [-0.2, -0.15) is 0 Å². The van der Waals surface area contributed by atoms with Crippen LogP contribution >= 0.6 is 0 Å². The number of halogens is 1. The van der Waals surface area contributed by atoms with Gasteiger partial charge in [0.05, 0.1) is 31.5 Å². The van der Waals surface area contributed by atoms with Crippen molar-refractivity contribution in [1.29, 1.82) is 0 Å². The minimum Gasteiger partial charge on any atom is -0.465 e. The highest BCUT2D eigenvalue weighted by atomic mass is 19.1. The summed E-state index contributed by atoms with van der Waals surface area (Å²) in [4.78, 5) is 27.9. The van der Waals surface area contributed by atoms with E-state index in [0.717, 1.165) is 40.6 Å². The van der Waals surface area contributed by atoms with E-state index < -0.39 is 6.17 Å². The molecule has 1 aliphatic carbocycles. The van der Waals surface area contributed by atoms with Gasteiger partial charge >= 0.3 is 5.97 Å². The van der Waals surface area contributed by atoms with Crippen LogP contribution in [0.3, 0.4) is 0 Å². The number of aromatic nitrogens is 1. The lowest BCUT2D eigenvalue weighted by Crippen LogP contribution is -2.41. The number of hydrogen-bond donors (Lipinski definition) is 0. The van der Waals surface area contributed by atoms with Crippen molar-refractivity contribution in [3.8, 4) is 11.3 Å². The van der Waals surface area contributed by atoms with Crippen LogP contribution in [0.2, 0.25) is 0 Å². The molecule has 2 aromatic carbocycles. The zero-order valence-electron chi connectivity index (χ0n) is 21.3. The lowest BCUT2D eigenvalue weighted by atomic mass is 9.81. The van der Waals surface area contributed by atoms with Crippen LogP contribution in [0.4, 0.5) is 4.39 Å². The standard InChI is InChI=1S/C31H33FN2O3/c1-37-31(36)22-13-14-26-27(17-22)34-18-23(30(35)33-15-7-11-24(32)19-33)16-21-10-5-6-12-25(21)29(34)28(26)20-8-3-2-4-9-20/h5-6,10,12-14,16-17,20,24H,2-4,7-9,11,15,18-19H2,1H3. The smallest absolute Gasteiger partial charge is 0.337 e. The first-order valence-corrected chi connectivity index (χ1v) is 13.5. The molecule has 192 valence electrons. The van der Waals surface area contributed by atoms with Crippen molar-refractivity contribution in [3.05, 3.63) is 64.7 Å². The zero-order valence-corrected chi connectivity index (χ0v) is 21.3. The molecule has 0 bridgehead atoms. The largest absolute Gasteiger partial charge is 0.465 e. The molecule has 3 heterocycles. The fourth-order valence-corrected chi connectivity index (χ4v) is 6.56. The summed E-state index contributed by atoms with van der Waals surface area (Å²) in [6.07, 6.45) is 8.17. The van der Waals surface area contributed by atoms with Gasteiger partial charge in [0.1, 0.15) is 6.17 Å². The minimum atomic E-state index is -0.972. The second-order valence-electron chi connectivity index (χ2n) is 10.7. The Morgan fingerprint density at radius 1 is 1.00 bits per heavy atom. The number of alkyl halides is 1. The third-order valence-corrected chi connectivity index (χ3v) is 8.34. The number of fused-ring (bicyclic) bond motifs is 5. The predicted octanol–water partition coefficient (Wildman–Crippen LogP) is 6.50. The molecule has 0 radical (unpaired) electrons. The lowest BCUT2D eigenvalue weighted by Gasteiger charge is -2.30. The molecular formula is C31H33FN2O3. The van der Waals surface area contributed by atoms with Crippen LogP contribution in [0, 0.1) is 0 Å². The second kappa shape index (κ2) is 9.81. The molecule has 3 aromatic rings. The van der Waals surface area contributed by atoms with Gasteiger partial charge in [-0.15, -0.1) is 0 Å². The molecule has 2 fully saturated rings. The lowest BCUT2D eigenvalue weighted by molar-refractivity contribution is -0.129. The van der Waals surface area contributed by atoms with Gasteiger partial charge in [-0.3, -0.25) is 4.79 Å². The summed E-state index contributed by atoms with van der Waals surface area (Å²) in [6, 6.07) is 14.1. The molecule has 0 spiro atoms. The van der Waals surface area contributed by atoms with Crippen LogP contribution < -0.4 is 0 Å². The van der Waals surface area contributed by atoms with E-state index in [1.165, 1.54) is 31.9 Å². The van der Waals surface area contributed by atoms with Crippen molar-refractivity contribution in [1.82, 2.24) is 9.47 Å². The third-order valence-electron chi connectivity index (χ3n) is 8.34. The van der Waals surface area contributed by atoms with Crippen LogP contribution in [0.5, 0.6) is 0 Å². The van der Waals surface area contributed by atoms with Gasteiger partial charge in [0.2, 0.25) is 0 Å². The van der Waals surface area contributed by atoms with Crippen LogP contribution in [0.15, 0.2) is 48.0 Å². The van der Waals surface area contributed by atoms with Crippen LogP contribution in [-0.4, -0.2) is 47.7 Å². The number of ether oxygens (including phenoxy) is 1. The molecule has 0 N–H and O–H groups in total. The Kier molecular flexibility index (Phi) is 6.35. The Morgan fingerprint density at radius 2 is 1.81 bits per heavy atom. The molecule has 37 heavy (non-hydrogen) atoms.